The molecule has 1 saturated heterocycles. The van der Waals surface area contributed by atoms with Gasteiger partial charge in [-0.2, -0.15) is 5.10 Å². The molecule has 0 saturated carbocycles. The van der Waals surface area contributed by atoms with Crippen LogP contribution in [0, 0.1) is 6.92 Å². The Hall–Kier alpha value is -2.71. The maximum atomic E-state index is 13.6. The molecule has 0 radical (unpaired) electrons. The molecule has 2 heterocycles. The molecule has 9 heteroatoms. The quantitative estimate of drug-likeness (QED) is 0.564. The Morgan fingerprint density at radius 2 is 1.91 bits per heavy atom. The molecule has 1 aliphatic rings. The Labute approximate surface area is 193 Å². The zero-order valence-corrected chi connectivity index (χ0v) is 20.0. The van der Waals surface area contributed by atoms with Crippen LogP contribution in [0.4, 0.5) is 0 Å². The lowest BCUT2D eigenvalue weighted by molar-refractivity contribution is -0.142. The van der Waals surface area contributed by atoms with Crippen molar-refractivity contribution in [2.24, 2.45) is 7.05 Å². The van der Waals surface area contributed by atoms with Crippen LogP contribution < -0.4 is 0 Å². The van der Waals surface area contributed by atoms with Gasteiger partial charge in [0.25, 0.3) is 0 Å². The first-order chi connectivity index (χ1) is 15.0. The molecule has 0 spiro atoms. The Bertz CT molecular complexity index is 1030. The van der Waals surface area contributed by atoms with Gasteiger partial charge < -0.3 is 9.80 Å². The summed E-state index contributed by atoms with van der Waals surface area (Å²) in [6.07, 6.45) is 1.67. The Morgan fingerprint density at radius 3 is 2.50 bits per heavy atom. The molecule has 0 bridgehead atoms. The van der Waals surface area contributed by atoms with Gasteiger partial charge in [-0.1, -0.05) is 29.8 Å². The maximum Gasteiger partial charge on any atom is 0.240 e. The lowest BCUT2D eigenvalue weighted by atomic mass is 9.75. The molecule has 172 valence electrons. The largest absolute Gasteiger partial charge is 0.341 e. The van der Waals surface area contributed by atoms with Gasteiger partial charge in [0.05, 0.1) is 11.1 Å². The average molecular weight is 460 g/mol. The van der Waals surface area contributed by atoms with E-state index in [1.807, 2.05) is 39.2 Å². The number of aromatic nitrogens is 2. The van der Waals surface area contributed by atoms with Crippen LogP contribution in [-0.4, -0.2) is 76.4 Å². The van der Waals surface area contributed by atoms with Gasteiger partial charge in [-0.05, 0) is 32.6 Å². The lowest BCUT2D eigenvalue weighted by Crippen LogP contribution is -2.44. The first-order valence-electron chi connectivity index (χ1n) is 10.5. The fourth-order valence-corrected chi connectivity index (χ4v) is 4.48. The van der Waals surface area contributed by atoms with Crippen molar-refractivity contribution in [1.82, 2.24) is 24.5 Å². The van der Waals surface area contributed by atoms with E-state index in [-0.39, 0.29) is 37.1 Å². The number of imide groups is 1. The summed E-state index contributed by atoms with van der Waals surface area (Å²) in [6, 6.07) is 6.97. The van der Waals surface area contributed by atoms with Crippen LogP contribution in [0.2, 0.25) is 5.02 Å². The summed E-state index contributed by atoms with van der Waals surface area (Å²) in [5.41, 5.74) is 0.982. The van der Waals surface area contributed by atoms with Gasteiger partial charge in [0.2, 0.25) is 17.7 Å². The Balaban J connectivity index is 1.91. The zero-order chi connectivity index (χ0) is 23.6. The van der Waals surface area contributed by atoms with Crippen LogP contribution in [-0.2, 0) is 33.4 Å². The molecule has 32 heavy (non-hydrogen) atoms. The number of halogens is 1. The minimum absolute atomic E-state index is 0.0749. The third kappa shape index (κ3) is 4.71. The normalized spacial score (nSPS) is 18.7. The number of aryl methyl sites for hydroxylation is 2. The molecule has 1 atom stereocenters. The van der Waals surface area contributed by atoms with Crippen LogP contribution in [0.25, 0.3) is 0 Å². The van der Waals surface area contributed by atoms with Crippen molar-refractivity contribution in [3.8, 4) is 0 Å². The molecule has 3 amide bonds. The number of likely N-dealkylation sites (N-methyl/N-ethyl adjacent to an activating group) is 1. The monoisotopic (exact) mass is 459 g/mol. The van der Waals surface area contributed by atoms with Crippen molar-refractivity contribution in [2.75, 3.05) is 34.2 Å². The van der Waals surface area contributed by atoms with Crippen molar-refractivity contribution < 1.29 is 14.4 Å². The van der Waals surface area contributed by atoms with Crippen molar-refractivity contribution in [1.29, 1.82) is 0 Å². The summed E-state index contributed by atoms with van der Waals surface area (Å²) in [7, 11) is 7.28. The van der Waals surface area contributed by atoms with E-state index in [0.29, 0.717) is 23.7 Å². The predicted octanol–water partition coefficient (Wildman–Crippen LogP) is 1.99. The SMILES string of the molecule is Cc1nn(C)cc1CN(C)C(=O)C[C@@]1(c2ccccc2Cl)CC(=O)N(CCN(C)C)C1=O. The molecule has 0 N–H and O–H groups in total. The zero-order valence-electron chi connectivity index (χ0n) is 19.3. The van der Waals surface area contributed by atoms with Gasteiger partial charge in [0, 0.05) is 63.4 Å². The maximum absolute atomic E-state index is 13.6. The minimum atomic E-state index is -1.31. The van der Waals surface area contributed by atoms with Gasteiger partial charge in [-0.3, -0.25) is 24.0 Å². The summed E-state index contributed by atoms with van der Waals surface area (Å²) in [6.45, 7) is 3.07. The van der Waals surface area contributed by atoms with Crippen molar-refractivity contribution >= 4 is 29.3 Å². The predicted molar refractivity (Wildman–Crippen MR) is 122 cm³/mol. The van der Waals surface area contributed by atoms with Gasteiger partial charge in [-0.15, -0.1) is 0 Å². The first-order valence-corrected chi connectivity index (χ1v) is 10.9. The average Bonchev–Trinajstić information content (AvgIpc) is 3.15. The highest BCUT2D eigenvalue weighted by Gasteiger charge is 2.54. The summed E-state index contributed by atoms with van der Waals surface area (Å²) >= 11 is 6.47. The van der Waals surface area contributed by atoms with Crippen LogP contribution in [0.1, 0.15) is 29.7 Å². The minimum Gasteiger partial charge on any atom is -0.341 e. The highest BCUT2D eigenvalue weighted by atomic mass is 35.5. The molecular formula is C23H30ClN5O3. The second kappa shape index (κ2) is 9.42. The molecule has 0 unspecified atom stereocenters. The number of nitrogens with zero attached hydrogens (tertiary/aromatic N) is 5. The number of carbonyl (C=O) groups is 3. The molecule has 2 aromatic rings. The van der Waals surface area contributed by atoms with Crippen LogP contribution in [0.15, 0.2) is 30.5 Å². The van der Waals surface area contributed by atoms with Gasteiger partial charge in [0.1, 0.15) is 0 Å². The van der Waals surface area contributed by atoms with Gasteiger partial charge in [-0.25, -0.2) is 0 Å². The Morgan fingerprint density at radius 1 is 1.22 bits per heavy atom. The van der Waals surface area contributed by atoms with E-state index in [9.17, 15) is 14.4 Å². The Kier molecular flexibility index (Phi) is 7.05. The highest BCUT2D eigenvalue weighted by Crippen LogP contribution is 2.43. The van der Waals surface area contributed by atoms with Crippen molar-refractivity contribution in [2.45, 2.75) is 31.7 Å². The number of hydrogen-bond donors (Lipinski definition) is 0. The van der Waals surface area contributed by atoms with Crippen molar-refractivity contribution in [3.63, 3.8) is 0 Å². The smallest absolute Gasteiger partial charge is 0.240 e. The molecule has 1 fully saturated rings. The van der Waals surface area contributed by atoms with E-state index < -0.39 is 5.41 Å². The first kappa shape index (κ1) is 23.9. The lowest BCUT2D eigenvalue weighted by Gasteiger charge is -2.30. The number of rotatable bonds is 8. The third-order valence-corrected chi connectivity index (χ3v) is 6.30. The topological polar surface area (TPSA) is 78.8 Å². The van der Waals surface area contributed by atoms with Crippen LogP contribution in [0.5, 0.6) is 0 Å². The number of hydrogen-bond acceptors (Lipinski definition) is 5. The number of carbonyl (C=O) groups excluding carboxylic acids is 3. The number of likely N-dealkylation sites (tertiary alicyclic amines) is 1. The molecule has 3 rings (SSSR count). The summed E-state index contributed by atoms with van der Waals surface area (Å²) in [5, 5.41) is 4.69. The standard InChI is InChI=1S/C23H30ClN5O3/c1-16-17(15-28(5)25-16)14-27(4)20(30)12-23(18-8-6-7-9-19(18)24)13-21(31)29(22(23)32)11-10-26(2)3/h6-9,15H,10-14H2,1-5H3/t23-/m0/s1. The second-order valence-corrected chi connectivity index (χ2v) is 9.14. The second-order valence-electron chi connectivity index (χ2n) is 8.73. The molecular weight excluding hydrogens is 430 g/mol. The highest BCUT2D eigenvalue weighted by molar-refractivity contribution is 6.32. The summed E-state index contributed by atoms with van der Waals surface area (Å²) < 4.78 is 1.70. The molecule has 1 aromatic carbocycles. The molecule has 0 aliphatic carbocycles. The summed E-state index contributed by atoms with van der Waals surface area (Å²) in [5.74, 6) is -0.879. The van der Waals surface area contributed by atoms with Crippen molar-refractivity contribution in [3.05, 3.63) is 52.3 Å². The van der Waals surface area contributed by atoms with E-state index in [0.717, 1.165) is 11.3 Å². The van der Waals surface area contributed by atoms with E-state index in [1.54, 1.807) is 40.9 Å². The summed E-state index contributed by atoms with van der Waals surface area (Å²) in [4.78, 5) is 44.6. The van der Waals surface area contributed by atoms with E-state index >= 15 is 0 Å². The fraction of sp³-hybridized carbons (Fsp3) is 0.478. The number of amides is 3. The van der Waals surface area contributed by atoms with E-state index in [4.69, 9.17) is 11.6 Å². The van der Waals surface area contributed by atoms with Crippen LogP contribution in [0.3, 0.4) is 0 Å². The fourth-order valence-electron chi connectivity index (χ4n) is 4.16. The third-order valence-electron chi connectivity index (χ3n) is 5.97. The molecule has 1 aliphatic heterocycles. The van der Waals surface area contributed by atoms with E-state index in [1.165, 1.54) is 4.90 Å². The van der Waals surface area contributed by atoms with Crippen LogP contribution >= 0.6 is 11.6 Å². The van der Waals surface area contributed by atoms with E-state index in [2.05, 4.69) is 5.10 Å². The molecule has 1 aromatic heterocycles. The molecule has 8 nitrogen and oxygen atoms in total. The van der Waals surface area contributed by atoms with Gasteiger partial charge >= 0.3 is 0 Å². The number of benzene rings is 1. The van der Waals surface area contributed by atoms with Gasteiger partial charge in [0.15, 0.2) is 0 Å².